The molecule has 0 spiro atoms. The minimum atomic E-state index is 0.0760. The maximum Gasteiger partial charge on any atom is 0.227 e. The van der Waals surface area contributed by atoms with Gasteiger partial charge in [-0.2, -0.15) is 5.26 Å². The van der Waals surface area contributed by atoms with Gasteiger partial charge >= 0.3 is 0 Å². The zero-order valence-electron chi connectivity index (χ0n) is 9.15. The number of fused-ring (bicyclic) bond motifs is 1. The van der Waals surface area contributed by atoms with Gasteiger partial charge in [0.15, 0.2) is 6.19 Å². The van der Waals surface area contributed by atoms with E-state index in [1.54, 1.807) is 4.90 Å². The molecule has 0 unspecified atom stereocenters. The molecular formula is C11H17N3O. The zero-order chi connectivity index (χ0) is 10.8. The molecule has 2 rings (SSSR count). The van der Waals surface area contributed by atoms with Crippen molar-refractivity contribution < 1.29 is 4.79 Å². The molecule has 2 heterocycles. The Hall–Kier alpha value is -1.24. The first-order valence-corrected chi connectivity index (χ1v) is 5.69. The Morgan fingerprint density at radius 3 is 2.87 bits per heavy atom. The van der Waals surface area contributed by atoms with Crippen LogP contribution in [0.3, 0.4) is 0 Å². The molecule has 2 atom stereocenters. The van der Waals surface area contributed by atoms with E-state index in [-0.39, 0.29) is 11.8 Å². The fraction of sp³-hybridized carbons (Fsp3) is 0.818. The Labute approximate surface area is 90.5 Å². The van der Waals surface area contributed by atoms with Gasteiger partial charge in [0.25, 0.3) is 0 Å². The van der Waals surface area contributed by atoms with Gasteiger partial charge in [0, 0.05) is 26.2 Å². The molecule has 0 aromatic carbocycles. The summed E-state index contributed by atoms with van der Waals surface area (Å²) in [5, 5.41) is 8.84. The Balaban J connectivity index is 2.08. The molecule has 2 aliphatic heterocycles. The van der Waals surface area contributed by atoms with Crippen LogP contribution in [0, 0.1) is 23.3 Å². The van der Waals surface area contributed by atoms with Crippen LogP contribution in [0.4, 0.5) is 0 Å². The molecule has 15 heavy (non-hydrogen) atoms. The molecule has 0 aliphatic carbocycles. The van der Waals surface area contributed by atoms with Crippen molar-refractivity contribution in [3.8, 4) is 6.19 Å². The third-order valence-corrected chi connectivity index (χ3v) is 3.68. The Morgan fingerprint density at radius 1 is 1.47 bits per heavy atom. The van der Waals surface area contributed by atoms with Gasteiger partial charge in [0.05, 0.1) is 5.92 Å². The SMILES string of the molecule is CCN1CC[C@@H]2CCN(C#N)C[C@@H]2C1=O. The number of carbonyl (C=O) groups is 1. The van der Waals surface area contributed by atoms with Crippen LogP contribution >= 0.6 is 0 Å². The second-order valence-electron chi connectivity index (χ2n) is 4.41. The van der Waals surface area contributed by atoms with Crippen molar-refractivity contribution in [3.05, 3.63) is 0 Å². The third kappa shape index (κ3) is 1.79. The molecule has 2 fully saturated rings. The van der Waals surface area contributed by atoms with Gasteiger partial charge in [-0.3, -0.25) is 4.79 Å². The van der Waals surface area contributed by atoms with Crippen LogP contribution < -0.4 is 0 Å². The summed E-state index contributed by atoms with van der Waals surface area (Å²) >= 11 is 0. The normalized spacial score (nSPS) is 31.1. The van der Waals surface area contributed by atoms with Crippen molar-refractivity contribution >= 4 is 5.91 Å². The van der Waals surface area contributed by atoms with Gasteiger partial charge in [0.1, 0.15) is 0 Å². The molecule has 0 bridgehead atoms. The highest BCUT2D eigenvalue weighted by molar-refractivity contribution is 5.80. The van der Waals surface area contributed by atoms with Gasteiger partial charge in [0.2, 0.25) is 5.91 Å². The van der Waals surface area contributed by atoms with Crippen molar-refractivity contribution in [3.63, 3.8) is 0 Å². The lowest BCUT2D eigenvalue weighted by molar-refractivity contribution is -0.143. The van der Waals surface area contributed by atoms with Crippen molar-refractivity contribution in [1.82, 2.24) is 9.80 Å². The summed E-state index contributed by atoms with van der Waals surface area (Å²) < 4.78 is 0. The minimum absolute atomic E-state index is 0.0760. The molecule has 4 nitrogen and oxygen atoms in total. The maximum atomic E-state index is 12.0. The quantitative estimate of drug-likeness (QED) is 0.593. The summed E-state index contributed by atoms with van der Waals surface area (Å²) in [6.45, 7) is 5.19. The predicted molar refractivity (Wildman–Crippen MR) is 55.7 cm³/mol. The Bertz CT molecular complexity index is 297. The molecule has 0 saturated carbocycles. The first-order chi connectivity index (χ1) is 7.26. The first kappa shape index (κ1) is 10.3. The van der Waals surface area contributed by atoms with Gasteiger partial charge in [-0.15, -0.1) is 0 Å². The summed E-state index contributed by atoms with van der Waals surface area (Å²) in [7, 11) is 0. The van der Waals surface area contributed by atoms with E-state index >= 15 is 0 Å². The number of carbonyl (C=O) groups excluding carboxylic acids is 1. The number of nitrogens with zero attached hydrogens (tertiary/aromatic N) is 3. The molecule has 0 radical (unpaired) electrons. The lowest BCUT2D eigenvalue weighted by atomic mass is 9.79. The maximum absolute atomic E-state index is 12.0. The lowest BCUT2D eigenvalue weighted by Gasteiger charge is -2.42. The standard InChI is InChI=1S/C11H17N3O/c1-2-14-6-4-9-3-5-13(8-12)7-10(9)11(14)15/h9-10H,2-7H2,1H3/t9-,10-/m0/s1. The molecule has 4 heteroatoms. The predicted octanol–water partition coefficient (Wildman–Crippen LogP) is 0.658. The molecule has 1 amide bonds. The third-order valence-electron chi connectivity index (χ3n) is 3.68. The van der Waals surface area contributed by atoms with E-state index in [0.717, 1.165) is 32.5 Å². The number of hydrogen-bond acceptors (Lipinski definition) is 3. The number of amides is 1. The molecule has 2 aliphatic rings. The van der Waals surface area contributed by atoms with E-state index in [1.165, 1.54) is 0 Å². The van der Waals surface area contributed by atoms with E-state index in [4.69, 9.17) is 5.26 Å². The number of likely N-dealkylation sites (tertiary alicyclic amines) is 2. The van der Waals surface area contributed by atoms with E-state index in [9.17, 15) is 4.79 Å². The lowest BCUT2D eigenvalue weighted by Crippen LogP contribution is -2.52. The fourth-order valence-corrected chi connectivity index (χ4v) is 2.70. The van der Waals surface area contributed by atoms with Crippen LogP contribution in [-0.2, 0) is 4.79 Å². The second kappa shape index (κ2) is 4.09. The summed E-state index contributed by atoms with van der Waals surface area (Å²) in [5.74, 6) is 0.852. The van der Waals surface area contributed by atoms with Gasteiger partial charge < -0.3 is 9.80 Å². The average Bonchev–Trinajstić information content (AvgIpc) is 2.29. The van der Waals surface area contributed by atoms with Crippen LogP contribution in [-0.4, -0.2) is 41.9 Å². The second-order valence-corrected chi connectivity index (χ2v) is 4.41. The molecular weight excluding hydrogens is 190 g/mol. The fourth-order valence-electron chi connectivity index (χ4n) is 2.70. The Kier molecular flexibility index (Phi) is 2.81. The highest BCUT2D eigenvalue weighted by Gasteiger charge is 2.39. The van der Waals surface area contributed by atoms with Gasteiger partial charge in [-0.1, -0.05) is 0 Å². The molecule has 0 aromatic rings. The molecule has 0 N–H and O–H groups in total. The van der Waals surface area contributed by atoms with Crippen molar-refractivity contribution in [1.29, 1.82) is 5.26 Å². The van der Waals surface area contributed by atoms with Gasteiger partial charge in [-0.25, -0.2) is 0 Å². The smallest absolute Gasteiger partial charge is 0.227 e. The van der Waals surface area contributed by atoms with Crippen molar-refractivity contribution in [2.75, 3.05) is 26.2 Å². The van der Waals surface area contributed by atoms with Crippen molar-refractivity contribution in [2.45, 2.75) is 19.8 Å². The average molecular weight is 207 g/mol. The first-order valence-electron chi connectivity index (χ1n) is 5.69. The van der Waals surface area contributed by atoms with Crippen LogP contribution in [0.25, 0.3) is 0 Å². The molecule has 2 saturated heterocycles. The highest BCUT2D eigenvalue weighted by atomic mass is 16.2. The van der Waals surface area contributed by atoms with Crippen molar-refractivity contribution in [2.24, 2.45) is 11.8 Å². The van der Waals surface area contributed by atoms with E-state index in [1.807, 2.05) is 11.8 Å². The van der Waals surface area contributed by atoms with Crippen LogP contribution in [0.5, 0.6) is 0 Å². The topological polar surface area (TPSA) is 47.3 Å². The number of rotatable bonds is 1. The number of piperidine rings is 2. The number of hydrogen-bond donors (Lipinski definition) is 0. The van der Waals surface area contributed by atoms with Crippen LogP contribution in [0.15, 0.2) is 0 Å². The van der Waals surface area contributed by atoms with Gasteiger partial charge in [-0.05, 0) is 25.7 Å². The van der Waals surface area contributed by atoms with E-state index < -0.39 is 0 Å². The number of nitriles is 1. The molecule has 82 valence electrons. The summed E-state index contributed by atoms with van der Waals surface area (Å²) in [6, 6.07) is 0. The molecule has 0 aromatic heterocycles. The minimum Gasteiger partial charge on any atom is -0.343 e. The summed E-state index contributed by atoms with van der Waals surface area (Å²) in [6.07, 6.45) is 4.27. The van der Waals surface area contributed by atoms with E-state index in [0.29, 0.717) is 12.5 Å². The zero-order valence-corrected chi connectivity index (χ0v) is 9.15. The largest absolute Gasteiger partial charge is 0.343 e. The monoisotopic (exact) mass is 207 g/mol. The summed E-state index contributed by atoms with van der Waals surface area (Å²) in [4.78, 5) is 15.7. The summed E-state index contributed by atoms with van der Waals surface area (Å²) in [5.41, 5.74) is 0. The van der Waals surface area contributed by atoms with E-state index in [2.05, 4.69) is 6.19 Å². The van der Waals surface area contributed by atoms with Crippen LogP contribution in [0.1, 0.15) is 19.8 Å². The van der Waals surface area contributed by atoms with Crippen LogP contribution in [0.2, 0.25) is 0 Å². The Morgan fingerprint density at radius 2 is 2.20 bits per heavy atom. The highest BCUT2D eigenvalue weighted by Crippen LogP contribution is 2.31.